The number of anilines is 1. The minimum Gasteiger partial charge on any atom is -0.408 e. The molecule has 0 saturated heterocycles. The van der Waals surface area contributed by atoms with Crippen LogP contribution in [-0.2, 0) is 0 Å². The average Bonchev–Trinajstić information content (AvgIpc) is 3.06. The predicted octanol–water partition coefficient (Wildman–Crippen LogP) is 3.85. The van der Waals surface area contributed by atoms with Crippen molar-refractivity contribution in [3.8, 4) is 0 Å². The zero-order valence-corrected chi connectivity index (χ0v) is 14.8. The van der Waals surface area contributed by atoms with Gasteiger partial charge in [-0.05, 0) is 61.4 Å². The molecule has 5 nitrogen and oxygen atoms in total. The summed E-state index contributed by atoms with van der Waals surface area (Å²) in [6, 6.07) is 17.0. The van der Waals surface area contributed by atoms with E-state index < -0.39 is 0 Å². The van der Waals surface area contributed by atoms with Crippen LogP contribution in [0.15, 0.2) is 57.7 Å². The molecule has 0 aliphatic heterocycles. The molecule has 0 radical (unpaired) electrons. The first-order valence-corrected chi connectivity index (χ1v) is 9.43. The number of hydrogen-bond acceptors (Lipinski definition) is 4. The second-order valence-corrected chi connectivity index (χ2v) is 7.07. The van der Waals surface area contributed by atoms with Gasteiger partial charge in [0.25, 0.3) is 0 Å². The zero-order valence-electron chi connectivity index (χ0n) is 14.8. The van der Waals surface area contributed by atoms with Crippen molar-refractivity contribution in [3.05, 3.63) is 64.6 Å². The molecule has 1 fully saturated rings. The van der Waals surface area contributed by atoms with Crippen molar-refractivity contribution in [2.75, 3.05) is 18.4 Å². The summed E-state index contributed by atoms with van der Waals surface area (Å²) in [5.74, 6) is 0.175. The van der Waals surface area contributed by atoms with Crippen LogP contribution >= 0.6 is 0 Å². The summed E-state index contributed by atoms with van der Waals surface area (Å²) in [4.78, 5) is 14.0. The Bertz CT molecular complexity index is 892. The van der Waals surface area contributed by atoms with Gasteiger partial charge in [-0.15, -0.1) is 0 Å². The van der Waals surface area contributed by atoms with Gasteiger partial charge in [0, 0.05) is 24.8 Å². The molecule has 0 bridgehead atoms. The van der Waals surface area contributed by atoms with E-state index in [4.69, 9.17) is 4.42 Å². The number of para-hydroxylation sites is 1. The molecule has 136 valence electrons. The fourth-order valence-corrected chi connectivity index (χ4v) is 3.89. The van der Waals surface area contributed by atoms with E-state index in [0.29, 0.717) is 17.5 Å². The summed E-state index contributed by atoms with van der Waals surface area (Å²) >= 11 is 0. The zero-order chi connectivity index (χ0) is 17.8. The maximum Gasteiger partial charge on any atom is 0.417 e. The van der Waals surface area contributed by atoms with Gasteiger partial charge in [-0.1, -0.05) is 24.3 Å². The smallest absolute Gasteiger partial charge is 0.408 e. The first-order chi connectivity index (χ1) is 12.8. The molecule has 5 heteroatoms. The van der Waals surface area contributed by atoms with Crippen LogP contribution in [0.3, 0.4) is 0 Å². The molecule has 4 rings (SSSR count). The van der Waals surface area contributed by atoms with Crippen LogP contribution in [0.4, 0.5) is 5.69 Å². The van der Waals surface area contributed by atoms with Gasteiger partial charge in [0.05, 0.1) is 5.52 Å². The van der Waals surface area contributed by atoms with E-state index in [2.05, 4.69) is 33.8 Å². The number of aromatic amines is 1. The third-order valence-corrected chi connectivity index (χ3v) is 5.30. The van der Waals surface area contributed by atoms with Gasteiger partial charge in [0.15, 0.2) is 5.58 Å². The minimum atomic E-state index is -0.380. The van der Waals surface area contributed by atoms with E-state index in [0.717, 1.165) is 18.6 Å². The van der Waals surface area contributed by atoms with Crippen molar-refractivity contribution in [3.63, 3.8) is 0 Å². The normalized spacial score (nSPS) is 20.3. The Kier molecular flexibility index (Phi) is 5.07. The standard InChI is InChI=1S/C21H25N3O2/c25-21-24-19-11-8-16(14-20(19)26-21)15-6-9-18(10-7-15)23-13-12-22-17-4-2-1-3-5-17/h1-5,8,11,14-15,18,22-23H,6-7,9-10,12-13H2,(H,24,25). The van der Waals surface area contributed by atoms with Gasteiger partial charge in [-0.2, -0.15) is 0 Å². The Balaban J connectivity index is 1.23. The molecule has 1 heterocycles. The highest BCUT2D eigenvalue weighted by atomic mass is 16.4. The lowest BCUT2D eigenvalue weighted by Crippen LogP contribution is -2.35. The summed E-state index contributed by atoms with van der Waals surface area (Å²) in [6.45, 7) is 1.91. The molecule has 0 spiro atoms. The first-order valence-electron chi connectivity index (χ1n) is 9.43. The summed E-state index contributed by atoms with van der Waals surface area (Å²) in [5.41, 5.74) is 3.90. The van der Waals surface area contributed by atoms with Gasteiger partial charge >= 0.3 is 5.76 Å². The van der Waals surface area contributed by atoms with Crippen molar-refractivity contribution in [1.29, 1.82) is 0 Å². The molecule has 26 heavy (non-hydrogen) atoms. The molecule has 2 aromatic carbocycles. The van der Waals surface area contributed by atoms with E-state index in [1.807, 2.05) is 30.3 Å². The third-order valence-electron chi connectivity index (χ3n) is 5.30. The maximum absolute atomic E-state index is 11.3. The fraction of sp³-hybridized carbons (Fsp3) is 0.381. The van der Waals surface area contributed by atoms with Crippen molar-refractivity contribution in [2.45, 2.75) is 37.6 Å². The Hall–Kier alpha value is -2.53. The number of rotatable bonds is 6. The molecule has 1 aromatic heterocycles. The average molecular weight is 351 g/mol. The molecule has 1 saturated carbocycles. The predicted molar refractivity (Wildman–Crippen MR) is 105 cm³/mol. The number of nitrogens with one attached hydrogen (secondary N) is 3. The molecule has 3 N–H and O–H groups in total. The van der Waals surface area contributed by atoms with Gasteiger partial charge in [0.1, 0.15) is 0 Å². The van der Waals surface area contributed by atoms with Crippen molar-refractivity contribution in [1.82, 2.24) is 10.3 Å². The number of hydrogen-bond donors (Lipinski definition) is 3. The van der Waals surface area contributed by atoms with Crippen LogP contribution in [0.2, 0.25) is 0 Å². The molecule has 3 aromatic rings. The Labute approximate surface area is 152 Å². The van der Waals surface area contributed by atoms with Gasteiger partial charge in [-0.3, -0.25) is 4.98 Å². The quantitative estimate of drug-likeness (QED) is 0.590. The SMILES string of the molecule is O=c1[nH]c2ccc(C3CCC(NCCNc4ccccc4)CC3)cc2o1. The maximum atomic E-state index is 11.3. The van der Waals surface area contributed by atoms with Gasteiger partial charge in [-0.25, -0.2) is 4.79 Å². The number of H-pyrrole nitrogens is 1. The summed E-state index contributed by atoms with van der Waals surface area (Å²) in [7, 11) is 0. The molecule has 0 atom stereocenters. The topological polar surface area (TPSA) is 70.1 Å². The Morgan fingerprint density at radius 3 is 2.62 bits per heavy atom. The van der Waals surface area contributed by atoms with Crippen LogP contribution in [0, 0.1) is 0 Å². The number of benzene rings is 2. The highest BCUT2D eigenvalue weighted by molar-refractivity contribution is 5.72. The molecular formula is C21H25N3O2. The fourth-order valence-electron chi connectivity index (χ4n) is 3.89. The van der Waals surface area contributed by atoms with Gasteiger partial charge < -0.3 is 15.1 Å². The second kappa shape index (κ2) is 7.79. The van der Waals surface area contributed by atoms with Crippen LogP contribution in [0.1, 0.15) is 37.2 Å². The van der Waals surface area contributed by atoms with Crippen LogP contribution in [-0.4, -0.2) is 24.1 Å². The number of fused-ring (bicyclic) bond motifs is 1. The number of aromatic nitrogens is 1. The minimum absolute atomic E-state index is 0.380. The largest absolute Gasteiger partial charge is 0.417 e. The van der Waals surface area contributed by atoms with Crippen molar-refractivity contribution in [2.24, 2.45) is 0 Å². The monoisotopic (exact) mass is 351 g/mol. The van der Waals surface area contributed by atoms with Crippen LogP contribution < -0.4 is 16.4 Å². The van der Waals surface area contributed by atoms with E-state index in [9.17, 15) is 4.79 Å². The highest BCUT2D eigenvalue weighted by Crippen LogP contribution is 2.33. The van der Waals surface area contributed by atoms with Crippen LogP contribution in [0.25, 0.3) is 11.1 Å². The first kappa shape index (κ1) is 16.9. The Morgan fingerprint density at radius 2 is 1.81 bits per heavy atom. The highest BCUT2D eigenvalue weighted by Gasteiger charge is 2.22. The van der Waals surface area contributed by atoms with Crippen molar-refractivity contribution < 1.29 is 4.42 Å². The second-order valence-electron chi connectivity index (χ2n) is 7.07. The lowest BCUT2D eigenvalue weighted by Gasteiger charge is -2.29. The summed E-state index contributed by atoms with van der Waals surface area (Å²) in [6.07, 6.45) is 4.71. The summed E-state index contributed by atoms with van der Waals surface area (Å²) in [5, 5.41) is 7.11. The van der Waals surface area contributed by atoms with Crippen molar-refractivity contribution >= 4 is 16.8 Å². The van der Waals surface area contributed by atoms with E-state index >= 15 is 0 Å². The Morgan fingerprint density at radius 1 is 1.00 bits per heavy atom. The van der Waals surface area contributed by atoms with E-state index in [-0.39, 0.29) is 5.76 Å². The molecule has 0 amide bonds. The molecule has 1 aliphatic carbocycles. The van der Waals surface area contributed by atoms with E-state index in [1.54, 1.807) is 0 Å². The third kappa shape index (κ3) is 3.99. The lowest BCUT2D eigenvalue weighted by atomic mass is 9.81. The molecular weight excluding hydrogens is 326 g/mol. The molecule has 1 aliphatic rings. The van der Waals surface area contributed by atoms with Gasteiger partial charge in [0.2, 0.25) is 0 Å². The number of oxazole rings is 1. The lowest BCUT2D eigenvalue weighted by molar-refractivity contribution is 0.346. The molecule has 0 unspecified atom stereocenters. The summed E-state index contributed by atoms with van der Waals surface area (Å²) < 4.78 is 5.19. The van der Waals surface area contributed by atoms with E-state index in [1.165, 1.54) is 36.9 Å². The van der Waals surface area contributed by atoms with Crippen LogP contribution in [0.5, 0.6) is 0 Å².